The van der Waals surface area contributed by atoms with Crippen LogP contribution in [0.1, 0.15) is 81.5 Å². The predicted molar refractivity (Wildman–Crippen MR) is 91.7 cm³/mol. The fourth-order valence-corrected chi connectivity index (χ4v) is 3.92. The van der Waals surface area contributed by atoms with Crippen molar-refractivity contribution < 1.29 is 4.57 Å². The van der Waals surface area contributed by atoms with E-state index in [4.69, 9.17) is 22.5 Å². The first-order chi connectivity index (χ1) is 9.03. The molecule has 1 rings (SSSR count). The summed E-state index contributed by atoms with van der Waals surface area (Å²) in [6.07, 6.45) is 0.259. The Hall–Kier alpha value is 0.0300. The maximum absolute atomic E-state index is 11.9. The summed E-state index contributed by atoms with van der Waals surface area (Å²) in [5.41, 5.74) is 4.84. The highest BCUT2D eigenvalue weighted by molar-refractivity contribution is 8.08. The van der Waals surface area contributed by atoms with Gasteiger partial charge in [-0.15, -0.1) is 0 Å². The van der Waals surface area contributed by atoms with Gasteiger partial charge in [-0.3, -0.25) is 4.57 Å². The van der Waals surface area contributed by atoms with Crippen LogP contribution in [0.25, 0.3) is 0 Å². The largest absolute Gasteiger partial charge is 0.289 e. The molecule has 0 radical (unpaired) electrons. The van der Waals surface area contributed by atoms with Gasteiger partial charge in [0.2, 0.25) is 0 Å². The molecule has 0 aliphatic rings. The molecule has 0 spiro atoms. The van der Waals surface area contributed by atoms with Crippen molar-refractivity contribution in [1.29, 1.82) is 0 Å². The van der Waals surface area contributed by atoms with Crippen molar-refractivity contribution in [2.45, 2.75) is 65.5 Å². The summed E-state index contributed by atoms with van der Waals surface area (Å²) in [4.78, 5) is 0. The molecular formula is C16H25Cl2OP. The van der Waals surface area contributed by atoms with Crippen LogP contribution in [0.5, 0.6) is 0 Å². The van der Waals surface area contributed by atoms with Gasteiger partial charge in [-0.1, -0.05) is 53.7 Å². The molecule has 0 aliphatic heterocycles. The Morgan fingerprint density at radius 1 is 0.900 bits per heavy atom. The summed E-state index contributed by atoms with van der Waals surface area (Å²) in [5, 5.41) is 0. The van der Waals surface area contributed by atoms with Crippen LogP contribution >= 0.6 is 28.3 Å². The first-order valence-corrected chi connectivity index (χ1v) is 10.9. The summed E-state index contributed by atoms with van der Waals surface area (Å²) in [6.45, 7) is 13.0. The Labute approximate surface area is 133 Å². The van der Waals surface area contributed by atoms with Crippen molar-refractivity contribution in [3.63, 3.8) is 0 Å². The van der Waals surface area contributed by atoms with Crippen molar-refractivity contribution >= 4 is 28.3 Å². The van der Waals surface area contributed by atoms with Crippen LogP contribution in [0.3, 0.4) is 0 Å². The molecule has 114 valence electrons. The van der Waals surface area contributed by atoms with Crippen LogP contribution in [0.2, 0.25) is 0 Å². The van der Waals surface area contributed by atoms with E-state index in [1.807, 2.05) is 0 Å². The molecule has 0 N–H and O–H groups in total. The van der Waals surface area contributed by atoms with E-state index < -0.39 is 5.85 Å². The van der Waals surface area contributed by atoms with Crippen LogP contribution in [-0.4, -0.2) is 0 Å². The van der Waals surface area contributed by atoms with Crippen LogP contribution in [0, 0.1) is 0 Å². The summed E-state index contributed by atoms with van der Waals surface area (Å²) in [6, 6.07) is 4.44. The number of halogens is 2. The molecule has 0 atom stereocenters. The Morgan fingerprint density at radius 3 is 1.55 bits per heavy atom. The molecule has 1 aromatic carbocycles. The summed E-state index contributed by atoms with van der Waals surface area (Å²) >= 11 is 11.7. The van der Waals surface area contributed by atoms with Crippen molar-refractivity contribution in [2.24, 2.45) is 0 Å². The second-order valence-electron chi connectivity index (χ2n) is 6.37. The Bertz CT molecular complexity index is 486. The van der Waals surface area contributed by atoms with E-state index in [1.165, 1.54) is 16.7 Å². The van der Waals surface area contributed by atoms with Gasteiger partial charge in [0.15, 0.2) is 0 Å². The third kappa shape index (κ3) is 4.79. The third-order valence-electron chi connectivity index (χ3n) is 3.59. The Balaban J connectivity index is 3.55. The average molecular weight is 335 g/mol. The topological polar surface area (TPSA) is 17.1 Å². The molecule has 0 amide bonds. The minimum Gasteiger partial charge on any atom is -0.289 e. The van der Waals surface area contributed by atoms with E-state index in [9.17, 15) is 4.57 Å². The average Bonchev–Trinajstić information content (AvgIpc) is 2.25. The molecule has 4 heteroatoms. The van der Waals surface area contributed by atoms with Gasteiger partial charge >= 0.3 is 0 Å². The molecular weight excluding hydrogens is 310 g/mol. The Kier molecular flexibility index (Phi) is 6.20. The maximum Gasteiger partial charge on any atom is 0.257 e. The van der Waals surface area contributed by atoms with Crippen molar-refractivity contribution in [2.75, 3.05) is 0 Å². The SMILES string of the molecule is CC(C)c1cc(C(C)C)c(CP(=O)(Cl)Cl)c(C(C)C)c1. The molecule has 0 saturated carbocycles. The molecule has 0 bridgehead atoms. The van der Waals surface area contributed by atoms with Crippen LogP contribution in [0.4, 0.5) is 0 Å². The molecule has 0 aliphatic carbocycles. The minimum absolute atomic E-state index is 0.259. The van der Waals surface area contributed by atoms with Crippen molar-refractivity contribution in [1.82, 2.24) is 0 Å². The summed E-state index contributed by atoms with van der Waals surface area (Å²) < 4.78 is 11.9. The second-order valence-corrected chi connectivity index (χ2v) is 11.6. The zero-order valence-corrected chi connectivity index (χ0v) is 15.6. The maximum atomic E-state index is 11.9. The monoisotopic (exact) mass is 334 g/mol. The van der Waals surface area contributed by atoms with Gasteiger partial charge in [0.05, 0.1) is 6.16 Å². The van der Waals surface area contributed by atoms with E-state index in [0.717, 1.165) is 5.56 Å². The van der Waals surface area contributed by atoms with Gasteiger partial charge < -0.3 is 0 Å². The number of benzene rings is 1. The van der Waals surface area contributed by atoms with E-state index in [-0.39, 0.29) is 6.16 Å². The lowest BCUT2D eigenvalue weighted by Gasteiger charge is -2.23. The highest BCUT2D eigenvalue weighted by Crippen LogP contribution is 2.60. The molecule has 1 aromatic rings. The van der Waals surface area contributed by atoms with Gasteiger partial charge in [0.1, 0.15) is 0 Å². The molecule has 0 aromatic heterocycles. The van der Waals surface area contributed by atoms with E-state index in [2.05, 4.69) is 53.7 Å². The van der Waals surface area contributed by atoms with Gasteiger partial charge in [-0.2, -0.15) is 0 Å². The standard InChI is InChI=1S/C16H25Cl2OP/c1-10(2)13-7-14(11(3)4)16(9-20(17,18)19)15(8-13)12(5)6/h7-8,10-12H,9H2,1-6H3. The molecule has 0 unspecified atom stereocenters. The lowest BCUT2D eigenvalue weighted by molar-refractivity contribution is 0.591. The summed E-state index contributed by atoms with van der Waals surface area (Å²) in [7, 11) is 0. The molecule has 1 nitrogen and oxygen atoms in total. The van der Waals surface area contributed by atoms with Gasteiger partial charge in [0, 0.05) is 0 Å². The van der Waals surface area contributed by atoms with Gasteiger partial charge in [-0.25, -0.2) is 0 Å². The zero-order valence-electron chi connectivity index (χ0n) is 13.2. The van der Waals surface area contributed by atoms with Gasteiger partial charge in [0.25, 0.3) is 5.85 Å². The smallest absolute Gasteiger partial charge is 0.257 e. The fourth-order valence-electron chi connectivity index (χ4n) is 2.47. The van der Waals surface area contributed by atoms with Crippen LogP contribution in [-0.2, 0) is 10.7 Å². The van der Waals surface area contributed by atoms with Gasteiger partial charge in [-0.05, 0) is 62.5 Å². The molecule has 0 fully saturated rings. The highest BCUT2D eigenvalue weighted by Gasteiger charge is 2.23. The highest BCUT2D eigenvalue weighted by atomic mass is 35.9. The lowest BCUT2D eigenvalue weighted by atomic mass is 9.85. The first-order valence-electron chi connectivity index (χ1n) is 7.18. The molecule has 0 saturated heterocycles. The third-order valence-corrected chi connectivity index (χ3v) is 5.00. The van der Waals surface area contributed by atoms with E-state index in [1.54, 1.807) is 0 Å². The van der Waals surface area contributed by atoms with Crippen molar-refractivity contribution in [3.05, 3.63) is 34.4 Å². The lowest BCUT2D eigenvalue weighted by Crippen LogP contribution is -2.06. The fraction of sp³-hybridized carbons (Fsp3) is 0.625. The molecule has 20 heavy (non-hydrogen) atoms. The predicted octanol–water partition coefficient (Wildman–Crippen LogP) is 7.23. The zero-order chi connectivity index (χ0) is 15.7. The second kappa shape index (κ2) is 6.86. The van der Waals surface area contributed by atoms with Crippen molar-refractivity contribution in [3.8, 4) is 0 Å². The Morgan fingerprint density at radius 2 is 1.30 bits per heavy atom. The van der Waals surface area contributed by atoms with Crippen LogP contribution < -0.4 is 0 Å². The quantitative estimate of drug-likeness (QED) is 0.519. The normalized spacial score (nSPS) is 12.8. The number of hydrogen-bond donors (Lipinski definition) is 0. The van der Waals surface area contributed by atoms with E-state index >= 15 is 0 Å². The molecule has 0 heterocycles. The minimum atomic E-state index is -3.12. The number of rotatable bonds is 5. The van der Waals surface area contributed by atoms with E-state index in [0.29, 0.717) is 17.8 Å². The van der Waals surface area contributed by atoms with Crippen LogP contribution in [0.15, 0.2) is 12.1 Å². The first kappa shape index (κ1) is 18.1. The summed E-state index contributed by atoms with van der Waals surface area (Å²) in [5.74, 6) is -1.92. The number of hydrogen-bond acceptors (Lipinski definition) is 1.